The number of aryl methyl sites for hydroxylation is 2. The Balaban J connectivity index is 1.28. The number of aromatic amines is 1. The monoisotopic (exact) mass is 548 g/mol. The number of carbonyl (C=O) groups excluding carboxylic acids is 3. The lowest BCUT2D eigenvalue weighted by molar-refractivity contribution is -0.130. The number of nitrogens with one attached hydrogen (secondary N) is 3. The Kier molecular flexibility index (Phi) is 4.98. The minimum Gasteiger partial charge on any atom is -0.486 e. The van der Waals surface area contributed by atoms with E-state index in [0.29, 0.717) is 42.5 Å². The van der Waals surface area contributed by atoms with Gasteiger partial charge in [0, 0.05) is 40.5 Å². The predicted molar refractivity (Wildman–Crippen MR) is 152 cm³/mol. The Labute approximate surface area is 235 Å². The molecule has 9 nitrogen and oxygen atoms in total. The summed E-state index contributed by atoms with van der Waals surface area (Å²) in [6.45, 7) is 4.75. The Morgan fingerprint density at radius 3 is 2.61 bits per heavy atom. The van der Waals surface area contributed by atoms with Crippen molar-refractivity contribution in [3.63, 3.8) is 0 Å². The molecular formula is C32H28N4O5. The van der Waals surface area contributed by atoms with Crippen LogP contribution in [0.15, 0.2) is 60.8 Å². The quantitative estimate of drug-likeness (QED) is 0.337. The molecule has 1 spiro atoms. The van der Waals surface area contributed by atoms with Crippen molar-refractivity contribution in [2.75, 3.05) is 23.4 Å². The zero-order valence-electron chi connectivity index (χ0n) is 22.6. The number of ether oxygens (including phenoxy) is 2. The summed E-state index contributed by atoms with van der Waals surface area (Å²) in [6, 6.07) is 16.6. The van der Waals surface area contributed by atoms with Crippen LogP contribution < -0.4 is 25.0 Å². The first-order chi connectivity index (χ1) is 19.9. The fraction of sp³-hybridized carbons (Fsp3) is 0.281. The number of fused-ring (bicyclic) bond motifs is 6. The van der Waals surface area contributed by atoms with Crippen LogP contribution in [-0.4, -0.2) is 42.0 Å². The van der Waals surface area contributed by atoms with Crippen LogP contribution in [-0.2, 0) is 26.3 Å². The molecule has 3 amide bonds. The van der Waals surface area contributed by atoms with Gasteiger partial charge in [-0.1, -0.05) is 35.9 Å². The van der Waals surface area contributed by atoms with Crippen LogP contribution in [0.5, 0.6) is 11.5 Å². The summed E-state index contributed by atoms with van der Waals surface area (Å²) in [5.41, 5.74) is 4.39. The van der Waals surface area contributed by atoms with Gasteiger partial charge in [-0.3, -0.25) is 19.7 Å². The average Bonchev–Trinajstić information content (AvgIpc) is 3.68. The lowest BCUT2D eigenvalue weighted by Crippen LogP contribution is -2.53. The van der Waals surface area contributed by atoms with Crippen molar-refractivity contribution in [3.05, 3.63) is 83.0 Å². The van der Waals surface area contributed by atoms with E-state index in [2.05, 4.69) is 15.6 Å². The van der Waals surface area contributed by atoms with Crippen molar-refractivity contribution >= 4 is 40.0 Å². The Morgan fingerprint density at radius 1 is 0.951 bits per heavy atom. The highest BCUT2D eigenvalue weighted by molar-refractivity contribution is 6.26. The van der Waals surface area contributed by atoms with Gasteiger partial charge in [0.1, 0.15) is 18.8 Å². The molecule has 0 saturated carbocycles. The van der Waals surface area contributed by atoms with Crippen LogP contribution in [0.3, 0.4) is 0 Å². The number of anilines is 2. The van der Waals surface area contributed by atoms with E-state index >= 15 is 0 Å². The van der Waals surface area contributed by atoms with E-state index in [1.165, 1.54) is 4.90 Å². The molecule has 0 bridgehead atoms. The minimum absolute atomic E-state index is 0.303. The number of para-hydroxylation sites is 1. The molecule has 9 heteroatoms. The first-order valence-corrected chi connectivity index (χ1v) is 13.9. The number of hydrogen-bond acceptors (Lipinski definition) is 6. The van der Waals surface area contributed by atoms with Crippen molar-refractivity contribution in [1.82, 2.24) is 10.3 Å². The Hall–Kier alpha value is -4.63. The van der Waals surface area contributed by atoms with Crippen LogP contribution >= 0.6 is 0 Å². The molecular weight excluding hydrogens is 520 g/mol. The van der Waals surface area contributed by atoms with Crippen LogP contribution in [0.4, 0.5) is 11.4 Å². The van der Waals surface area contributed by atoms with Crippen LogP contribution in [0.2, 0.25) is 0 Å². The van der Waals surface area contributed by atoms with Crippen LogP contribution in [0.1, 0.15) is 22.3 Å². The number of rotatable bonds is 3. The number of carbonyl (C=O) groups is 3. The molecule has 3 N–H and O–H groups in total. The molecule has 0 aliphatic carbocycles. The summed E-state index contributed by atoms with van der Waals surface area (Å²) in [6.07, 6.45) is 2.41. The molecule has 3 aromatic carbocycles. The van der Waals surface area contributed by atoms with E-state index in [9.17, 15) is 14.4 Å². The molecule has 2 saturated heterocycles. The molecule has 8 rings (SSSR count). The zero-order valence-corrected chi connectivity index (χ0v) is 22.6. The van der Waals surface area contributed by atoms with E-state index in [4.69, 9.17) is 9.47 Å². The maximum atomic E-state index is 14.4. The summed E-state index contributed by atoms with van der Waals surface area (Å²) in [4.78, 5) is 47.3. The lowest BCUT2D eigenvalue weighted by Gasteiger charge is -2.30. The van der Waals surface area contributed by atoms with Gasteiger partial charge in [0.25, 0.3) is 0 Å². The third-order valence-corrected chi connectivity index (χ3v) is 9.06. The van der Waals surface area contributed by atoms with Gasteiger partial charge < -0.3 is 19.8 Å². The molecule has 0 unspecified atom stereocenters. The largest absolute Gasteiger partial charge is 0.486 e. The Bertz CT molecular complexity index is 1810. The lowest BCUT2D eigenvalue weighted by atomic mass is 9.75. The third-order valence-electron chi connectivity index (χ3n) is 9.06. The van der Waals surface area contributed by atoms with Gasteiger partial charge in [0.2, 0.25) is 17.7 Å². The summed E-state index contributed by atoms with van der Waals surface area (Å²) in [5, 5.41) is 7.68. The zero-order chi connectivity index (χ0) is 28.0. The van der Waals surface area contributed by atoms with Gasteiger partial charge >= 0.3 is 0 Å². The standard InChI is InChI=1S/C32H28N4O5/c1-16-11-17(2)28-21(12-16)32(31(39)34-28)27-26(23(35-32)13-18-15-33-22-6-4-3-5-20(18)22)29(37)36(30(27)38)19-7-8-24-25(14-19)41-10-9-40-24/h3-8,11-12,14-15,23,26-27,33,35H,9-10,13H2,1-2H3,(H,34,39)/t23-,26-,27+,32-/m1/s1. The molecule has 4 aliphatic heterocycles. The molecule has 0 radical (unpaired) electrons. The van der Waals surface area contributed by atoms with Gasteiger partial charge in [-0.2, -0.15) is 0 Å². The maximum Gasteiger partial charge on any atom is 0.250 e. The van der Waals surface area contributed by atoms with Crippen molar-refractivity contribution in [3.8, 4) is 11.5 Å². The number of amides is 3. The number of H-pyrrole nitrogens is 1. The second-order valence-corrected chi connectivity index (χ2v) is 11.4. The van der Waals surface area contributed by atoms with E-state index in [1.54, 1.807) is 18.2 Å². The minimum atomic E-state index is -1.37. The highest BCUT2D eigenvalue weighted by atomic mass is 16.6. The van der Waals surface area contributed by atoms with Crippen LogP contribution in [0, 0.1) is 25.7 Å². The fourth-order valence-corrected chi connectivity index (χ4v) is 7.40. The van der Waals surface area contributed by atoms with Crippen molar-refractivity contribution < 1.29 is 23.9 Å². The third kappa shape index (κ3) is 3.23. The smallest absolute Gasteiger partial charge is 0.250 e. The number of imide groups is 1. The molecule has 206 valence electrons. The first kappa shape index (κ1) is 24.2. The van der Waals surface area contributed by atoms with E-state index in [0.717, 1.165) is 33.2 Å². The van der Waals surface area contributed by atoms with Crippen LogP contribution in [0.25, 0.3) is 10.9 Å². The molecule has 2 fully saturated rings. The van der Waals surface area contributed by atoms with Gasteiger partial charge in [0.15, 0.2) is 11.5 Å². The Morgan fingerprint density at radius 2 is 1.76 bits per heavy atom. The molecule has 4 aliphatic rings. The van der Waals surface area contributed by atoms with Gasteiger partial charge in [-0.15, -0.1) is 0 Å². The number of aromatic nitrogens is 1. The summed E-state index contributed by atoms with van der Waals surface area (Å²) in [5.74, 6) is -1.62. The van der Waals surface area contributed by atoms with Gasteiger partial charge in [-0.25, -0.2) is 4.90 Å². The molecule has 4 aromatic rings. The number of hydrogen-bond donors (Lipinski definition) is 3. The second kappa shape index (κ2) is 8.44. The molecule has 5 heterocycles. The summed E-state index contributed by atoms with van der Waals surface area (Å²) >= 11 is 0. The highest BCUT2D eigenvalue weighted by Crippen LogP contribution is 2.55. The first-order valence-electron chi connectivity index (χ1n) is 13.9. The van der Waals surface area contributed by atoms with E-state index in [1.807, 2.05) is 56.4 Å². The average molecular weight is 549 g/mol. The van der Waals surface area contributed by atoms with Crippen molar-refractivity contribution in [2.24, 2.45) is 11.8 Å². The SMILES string of the molecule is Cc1cc(C)c2c(c1)[C@]1(N[C@H](Cc3c[nH]c4ccccc34)[C@H]3C(=O)N(c4ccc5c(c4)OCCO5)C(=O)[C@H]31)C(=O)N2. The number of nitrogens with zero attached hydrogens (tertiary/aromatic N) is 1. The maximum absolute atomic E-state index is 14.4. The predicted octanol–water partition coefficient (Wildman–Crippen LogP) is 3.72. The summed E-state index contributed by atoms with van der Waals surface area (Å²) in [7, 11) is 0. The molecule has 1 aromatic heterocycles. The normalized spacial score (nSPS) is 26.1. The highest BCUT2D eigenvalue weighted by Gasteiger charge is 2.70. The van der Waals surface area contributed by atoms with Gasteiger partial charge in [0.05, 0.1) is 17.5 Å². The van der Waals surface area contributed by atoms with Crippen molar-refractivity contribution in [2.45, 2.75) is 31.8 Å². The molecule has 4 atom stereocenters. The second-order valence-electron chi connectivity index (χ2n) is 11.4. The summed E-state index contributed by atoms with van der Waals surface area (Å²) < 4.78 is 11.4. The molecule has 41 heavy (non-hydrogen) atoms. The topological polar surface area (TPSA) is 113 Å². The van der Waals surface area contributed by atoms with E-state index in [-0.39, 0.29) is 11.8 Å². The van der Waals surface area contributed by atoms with Crippen molar-refractivity contribution in [1.29, 1.82) is 0 Å². The fourth-order valence-electron chi connectivity index (χ4n) is 7.40. The van der Waals surface area contributed by atoms with Gasteiger partial charge in [-0.05, 0) is 49.6 Å². The number of benzene rings is 3. The van der Waals surface area contributed by atoms with E-state index < -0.39 is 29.3 Å².